The second kappa shape index (κ2) is 4.70. The first-order valence-electron chi connectivity index (χ1n) is 6.69. The minimum atomic E-state index is -0.433. The second-order valence-electron chi connectivity index (χ2n) is 6.57. The highest BCUT2D eigenvalue weighted by atomic mass is 16.6. The van der Waals surface area contributed by atoms with E-state index in [1.54, 1.807) is 4.90 Å². The molecule has 5 heteroatoms. The Labute approximate surface area is 108 Å². The second-order valence-corrected chi connectivity index (χ2v) is 6.57. The molecule has 2 rings (SSSR count). The number of aliphatic hydroxyl groups is 1. The van der Waals surface area contributed by atoms with E-state index in [1.165, 1.54) is 0 Å². The quantitative estimate of drug-likeness (QED) is 0.686. The fraction of sp³-hybridized carbons (Fsp3) is 0.923. The van der Waals surface area contributed by atoms with Crippen LogP contribution in [0.3, 0.4) is 0 Å². The van der Waals surface area contributed by atoms with Crippen LogP contribution in [0.25, 0.3) is 0 Å². The summed E-state index contributed by atoms with van der Waals surface area (Å²) in [6, 6.07) is 0. The number of hydrogen-bond donors (Lipinski definition) is 2. The van der Waals surface area contributed by atoms with Crippen LogP contribution in [-0.2, 0) is 4.74 Å². The number of rotatable bonds is 0. The van der Waals surface area contributed by atoms with E-state index < -0.39 is 5.60 Å². The first-order valence-corrected chi connectivity index (χ1v) is 6.69. The summed E-state index contributed by atoms with van der Waals surface area (Å²) >= 11 is 0. The molecule has 5 nitrogen and oxygen atoms in total. The monoisotopic (exact) mass is 256 g/mol. The summed E-state index contributed by atoms with van der Waals surface area (Å²) in [5, 5.41) is 12.6. The van der Waals surface area contributed by atoms with Crippen molar-refractivity contribution >= 4 is 6.09 Å². The molecule has 2 aliphatic rings. The number of aliphatic hydroxyl groups excluding tert-OH is 1. The fourth-order valence-corrected chi connectivity index (χ4v) is 2.76. The summed E-state index contributed by atoms with van der Waals surface area (Å²) in [4.78, 5) is 13.7. The van der Waals surface area contributed by atoms with Gasteiger partial charge in [0, 0.05) is 19.6 Å². The number of amides is 1. The lowest BCUT2D eigenvalue weighted by molar-refractivity contribution is 0.0106. The zero-order valence-electron chi connectivity index (χ0n) is 11.5. The van der Waals surface area contributed by atoms with E-state index in [4.69, 9.17) is 4.74 Å². The molecule has 2 aliphatic heterocycles. The lowest BCUT2D eigenvalue weighted by Crippen LogP contribution is -2.45. The first kappa shape index (κ1) is 13.6. The molecule has 0 aromatic heterocycles. The van der Waals surface area contributed by atoms with Crippen LogP contribution in [-0.4, -0.2) is 47.6 Å². The summed E-state index contributed by atoms with van der Waals surface area (Å²) in [6.45, 7) is 7.96. The highest BCUT2D eigenvalue weighted by molar-refractivity contribution is 5.68. The predicted molar refractivity (Wildman–Crippen MR) is 68.1 cm³/mol. The number of hydrogen-bond acceptors (Lipinski definition) is 4. The zero-order valence-corrected chi connectivity index (χ0v) is 11.5. The van der Waals surface area contributed by atoms with Crippen molar-refractivity contribution in [2.45, 2.75) is 51.9 Å². The van der Waals surface area contributed by atoms with E-state index in [1.807, 2.05) is 20.8 Å². The van der Waals surface area contributed by atoms with E-state index in [2.05, 4.69) is 5.32 Å². The largest absolute Gasteiger partial charge is 0.444 e. The van der Waals surface area contributed by atoms with E-state index in [9.17, 15) is 9.90 Å². The van der Waals surface area contributed by atoms with Crippen LogP contribution >= 0.6 is 0 Å². The molecule has 0 aromatic carbocycles. The molecule has 1 spiro atoms. The summed E-state index contributed by atoms with van der Waals surface area (Å²) in [7, 11) is 0. The summed E-state index contributed by atoms with van der Waals surface area (Å²) in [5.74, 6) is 0. The van der Waals surface area contributed by atoms with Gasteiger partial charge < -0.3 is 14.7 Å². The van der Waals surface area contributed by atoms with Crippen LogP contribution in [0.1, 0.15) is 40.0 Å². The van der Waals surface area contributed by atoms with Crippen molar-refractivity contribution in [1.29, 1.82) is 0 Å². The van der Waals surface area contributed by atoms with Gasteiger partial charge in [0.05, 0.1) is 0 Å². The summed E-state index contributed by atoms with van der Waals surface area (Å²) < 4.78 is 5.37. The van der Waals surface area contributed by atoms with Gasteiger partial charge in [-0.25, -0.2) is 4.79 Å². The maximum atomic E-state index is 11.9. The van der Waals surface area contributed by atoms with Crippen molar-refractivity contribution in [1.82, 2.24) is 10.2 Å². The predicted octanol–water partition coefficient (Wildman–Crippen LogP) is 1.32. The zero-order chi connectivity index (χ0) is 13.4. The molecule has 18 heavy (non-hydrogen) atoms. The Morgan fingerprint density at radius 3 is 2.44 bits per heavy atom. The van der Waals surface area contributed by atoms with Crippen molar-refractivity contribution in [3.63, 3.8) is 0 Å². The number of nitrogens with one attached hydrogen (secondary N) is 1. The van der Waals surface area contributed by atoms with E-state index in [-0.39, 0.29) is 17.7 Å². The summed E-state index contributed by atoms with van der Waals surface area (Å²) in [6.07, 6.45) is 2.09. The van der Waals surface area contributed by atoms with Gasteiger partial charge in [0.15, 0.2) is 0 Å². The molecule has 0 aliphatic carbocycles. The third-order valence-electron chi connectivity index (χ3n) is 3.81. The van der Waals surface area contributed by atoms with Crippen LogP contribution in [0.15, 0.2) is 0 Å². The van der Waals surface area contributed by atoms with Crippen LogP contribution in [0, 0.1) is 5.41 Å². The SMILES string of the molecule is CC(C)(C)OC(=O)N1CCC2(CC1)CNC(O)C2. The topological polar surface area (TPSA) is 61.8 Å². The van der Waals surface area contributed by atoms with Gasteiger partial charge in [-0.3, -0.25) is 5.32 Å². The molecule has 0 aromatic rings. The summed E-state index contributed by atoms with van der Waals surface area (Å²) in [5.41, 5.74) is -0.255. The Morgan fingerprint density at radius 2 is 2.00 bits per heavy atom. The van der Waals surface area contributed by atoms with Crippen molar-refractivity contribution in [3.8, 4) is 0 Å². The van der Waals surface area contributed by atoms with Gasteiger partial charge in [-0.2, -0.15) is 0 Å². The number of carbonyl (C=O) groups excluding carboxylic acids is 1. The van der Waals surface area contributed by atoms with Crippen molar-refractivity contribution in [2.24, 2.45) is 5.41 Å². The van der Waals surface area contributed by atoms with Crippen molar-refractivity contribution < 1.29 is 14.6 Å². The lowest BCUT2D eigenvalue weighted by Gasteiger charge is -2.39. The third-order valence-corrected chi connectivity index (χ3v) is 3.81. The third kappa shape index (κ3) is 3.14. The molecule has 0 saturated carbocycles. The fourth-order valence-electron chi connectivity index (χ4n) is 2.76. The van der Waals surface area contributed by atoms with Crippen molar-refractivity contribution in [2.75, 3.05) is 19.6 Å². The van der Waals surface area contributed by atoms with Gasteiger partial charge in [0.1, 0.15) is 11.8 Å². The molecule has 104 valence electrons. The molecule has 1 unspecified atom stereocenters. The maximum Gasteiger partial charge on any atom is 0.410 e. The van der Waals surface area contributed by atoms with Gasteiger partial charge in [-0.15, -0.1) is 0 Å². The molecular weight excluding hydrogens is 232 g/mol. The average Bonchev–Trinajstić information content (AvgIpc) is 2.58. The lowest BCUT2D eigenvalue weighted by atomic mass is 9.77. The standard InChI is InChI=1S/C13H24N2O3/c1-12(2,3)18-11(17)15-6-4-13(5-7-15)8-10(16)14-9-13/h10,14,16H,4-9H2,1-3H3. The van der Waals surface area contributed by atoms with Crippen LogP contribution < -0.4 is 5.32 Å². The number of ether oxygens (including phenoxy) is 1. The molecule has 2 N–H and O–H groups in total. The molecule has 1 atom stereocenters. The number of piperidine rings is 1. The molecular formula is C13H24N2O3. The molecule has 0 radical (unpaired) electrons. The highest BCUT2D eigenvalue weighted by Crippen LogP contribution is 2.38. The van der Waals surface area contributed by atoms with Crippen LogP contribution in [0.2, 0.25) is 0 Å². The van der Waals surface area contributed by atoms with Gasteiger partial charge in [-0.05, 0) is 45.4 Å². The van der Waals surface area contributed by atoms with E-state index >= 15 is 0 Å². The normalized spacial score (nSPS) is 27.6. The Morgan fingerprint density at radius 1 is 1.39 bits per heavy atom. The molecule has 2 heterocycles. The van der Waals surface area contributed by atoms with Crippen molar-refractivity contribution in [3.05, 3.63) is 0 Å². The number of nitrogens with zero attached hydrogens (tertiary/aromatic N) is 1. The highest BCUT2D eigenvalue weighted by Gasteiger charge is 2.42. The van der Waals surface area contributed by atoms with Crippen LogP contribution in [0.5, 0.6) is 0 Å². The molecule has 2 fully saturated rings. The molecule has 2 saturated heterocycles. The minimum absolute atomic E-state index is 0.179. The van der Waals surface area contributed by atoms with Gasteiger partial charge in [0.2, 0.25) is 0 Å². The Hall–Kier alpha value is -0.810. The Bertz CT molecular complexity index is 317. The van der Waals surface area contributed by atoms with E-state index in [0.717, 1.165) is 38.9 Å². The number of carbonyl (C=O) groups is 1. The molecule has 1 amide bonds. The molecule has 0 bridgehead atoms. The maximum absolute atomic E-state index is 11.9. The van der Waals surface area contributed by atoms with E-state index in [0.29, 0.717) is 0 Å². The number of likely N-dealkylation sites (tertiary alicyclic amines) is 1. The van der Waals surface area contributed by atoms with Gasteiger partial charge in [-0.1, -0.05) is 0 Å². The minimum Gasteiger partial charge on any atom is -0.444 e. The smallest absolute Gasteiger partial charge is 0.410 e. The van der Waals surface area contributed by atoms with Gasteiger partial charge >= 0.3 is 6.09 Å². The average molecular weight is 256 g/mol. The van der Waals surface area contributed by atoms with Crippen LogP contribution in [0.4, 0.5) is 4.79 Å². The first-order chi connectivity index (χ1) is 8.30. The Kier molecular flexibility index (Phi) is 3.56. The Balaban J connectivity index is 1.85. The van der Waals surface area contributed by atoms with Gasteiger partial charge in [0.25, 0.3) is 0 Å².